The average Bonchev–Trinajstić information content (AvgIpc) is 3.12. The van der Waals surface area contributed by atoms with Crippen molar-refractivity contribution >= 4 is 27.3 Å². The zero-order valence-corrected chi connectivity index (χ0v) is 16.9. The molecule has 154 valence electrons. The van der Waals surface area contributed by atoms with E-state index in [0.717, 1.165) is 31.2 Å². The summed E-state index contributed by atoms with van der Waals surface area (Å²) in [6, 6.07) is 1.69. The lowest BCUT2D eigenvalue weighted by Gasteiger charge is -2.12. The van der Waals surface area contributed by atoms with Crippen molar-refractivity contribution in [3.05, 3.63) is 41.1 Å². The number of hydrogen-bond donors (Lipinski definition) is 1. The smallest absolute Gasteiger partial charge is 0.282 e. The summed E-state index contributed by atoms with van der Waals surface area (Å²) in [6.45, 7) is 0.610. The molecule has 1 N–H and O–H groups in total. The lowest BCUT2D eigenvalue weighted by atomic mass is 10.1. The number of rotatable bonds is 4. The predicted molar refractivity (Wildman–Crippen MR) is 102 cm³/mol. The van der Waals surface area contributed by atoms with Crippen LogP contribution in [-0.2, 0) is 30.0 Å². The van der Waals surface area contributed by atoms with Crippen LogP contribution in [0.5, 0.6) is 0 Å². The van der Waals surface area contributed by atoms with E-state index in [4.69, 9.17) is 11.6 Å². The molecule has 1 aliphatic heterocycles. The second kappa shape index (κ2) is 7.38. The largest absolute Gasteiger partial charge is 0.324 e. The van der Waals surface area contributed by atoms with Gasteiger partial charge in [0, 0.05) is 26.1 Å². The van der Waals surface area contributed by atoms with Crippen LogP contribution in [-0.4, -0.2) is 32.7 Å². The first-order valence-corrected chi connectivity index (χ1v) is 10.7. The molecule has 0 atom stereocenters. The van der Waals surface area contributed by atoms with Crippen LogP contribution >= 0.6 is 11.6 Å². The van der Waals surface area contributed by atoms with Gasteiger partial charge in [0.2, 0.25) is 5.03 Å². The van der Waals surface area contributed by atoms with Crippen LogP contribution < -0.4 is 4.72 Å². The average molecular weight is 443 g/mol. The molecule has 4 rings (SSSR count). The molecule has 1 aromatic carbocycles. The zero-order chi connectivity index (χ0) is 20.8. The number of fused-ring (bicyclic) bond motifs is 1. The summed E-state index contributed by atoms with van der Waals surface area (Å²) in [5, 5.41) is 7.57. The molecule has 0 radical (unpaired) electrons. The van der Waals surface area contributed by atoms with E-state index in [0.29, 0.717) is 19.0 Å². The number of imidazole rings is 1. The summed E-state index contributed by atoms with van der Waals surface area (Å²) in [4.78, 5) is 3.73. The first-order chi connectivity index (χ1) is 13.8. The fourth-order valence-electron chi connectivity index (χ4n) is 3.25. The van der Waals surface area contributed by atoms with Gasteiger partial charge in [-0.05, 0) is 18.9 Å². The van der Waals surface area contributed by atoms with Crippen molar-refractivity contribution in [3.63, 3.8) is 0 Å². The maximum Gasteiger partial charge on any atom is 0.282 e. The van der Waals surface area contributed by atoms with E-state index >= 15 is 0 Å². The number of hydrogen-bond acceptors (Lipinski definition) is 5. The van der Waals surface area contributed by atoms with Gasteiger partial charge in [-0.2, -0.15) is 8.42 Å². The second-order valence-corrected chi connectivity index (χ2v) is 8.73. The number of nitrogens with zero attached hydrogens (tertiary/aromatic N) is 5. The van der Waals surface area contributed by atoms with Crippen LogP contribution in [0.1, 0.15) is 25.1 Å². The van der Waals surface area contributed by atoms with Gasteiger partial charge < -0.3 is 9.13 Å². The van der Waals surface area contributed by atoms with Gasteiger partial charge in [0.1, 0.15) is 22.6 Å². The molecule has 2 aromatic heterocycles. The monoisotopic (exact) mass is 442 g/mol. The molecule has 3 aromatic rings. The summed E-state index contributed by atoms with van der Waals surface area (Å²) >= 11 is 5.94. The van der Waals surface area contributed by atoms with Gasteiger partial charge in [0.25, 0.3) is 10.0 Å². The van der Waals surface area contributed by atoms with Crippen molar-refractivity contribution in [1.82, 2.24) is 24.3 Å². The van der Waals surface area contributed by atoms with E-state index in [1.54, 1.807) is 4.57 Å². The van der Waals surface area contributed by atoms with Gasteiger partial charge >= 0.3 is 0 Å². The Hall–Kier alpha value is -2.53. The van der Waals surface area contributed by atoms with Gasteiger partial charge in [0.05, 0.1) is 17.6 Å². The third-order valence-corrected chi connectivity index (χ3v) is 6.59. The summed E-state index contributed by atoms with van der Waals surface area (Å²) in [5.74, 6) is -0.974. The van der Waals surface area contributed by atoms with Crippen LogP contribution in [0.4, 0.5) is 14.5 Å². The molecule has 12 heteroatoms. The highest BCUT2D eigenvalue weighted by atomic mass is 35.5. The summed E-state index contributed by atoms with van der Waals surface area (Å²) in [7, 11) is -2.77. The molecule has 1 aliphatic rings. The van der Waals surface area contributed by atoms with Gasteiger partial charge in [-0.25, -0.2) is 13.8 Å². The Labute approximate surface area is 170 Å². The molecule has 3 heterocycles. The van der Waals surface area contributed by atoms with E-state index in [1.807, 2.05) is 0 Å². The van der Waals surface area contributed by atoms with Gasteiger partial charge in [0.15, 0.2) is 5.82 Å². The van der Waals surface area contributed by atoms with Crippen LogP contribution in [0, 0.1) is 11.6 Å². The highest BCUT2D eigenvalue weighted by Gasteiger charge is 2.26. The fraction of sp³-hybridized carbons (Fsp3) is 0.353. The molecule has 0 unspecified atom stereocenters. The normalized spacial score (nSPS) is 14.5. The number of anilines is 1. The number of halogens is 3. The lowest BCUT2D eigenvalue weighted by Crippen LogP contribution is -2.15. The fourth-order valence-corrected chi connectivity index (χ4v) is 4.74. The van der Waals surface area contributed by atoms with Crippen LogP contribution in [0.15, 0.2) is 23.5 Å². The summed E-state index contributed by atoms with van der Waals surface area (Å²) in [6.07, 6.45) is 4.80. The van der Waals surface area contributed by atoms with Crippen molar-refractivity contribution in [3.8, 4) is 11.4 Å². The van der Waals surface area contributed by atoms with Crippen molar-refractivity contribution in [1.29, 1.82) is 0 Å². The third-order valence-electron chi connectivity index (χ3n) is 4.74. The quantitative estimate of drug-likeness (QED) is 0.669. The lowest BCUT2D eigenvalue weighted by molar-refractivity contribution is 0.581. The number of aromatic nitrogens is 5. The number of sulfonamides is 1. The standard InChI is InChI=1S/C17H17ClF2N6O2S/c1-25-9-21-17(15(25)18)29(27,28)24-13-7-10(11(19)8-12(13)20)16-23-22-14-5-3-2-4-6-26(14)16/h7-9,24H,2-6H2,1H3. The molecule has 0 fully saturated rings. The van der Waals surface area contributed by atoms with Crippen LogP contribution in [0.2, 0.25) is 5.15 Å². The van der Waals surface area contributed by atoms with Crippen LogP contribution in [0.3, 0.4) is 0 Å². The molecule has 0 saturated carbocycles. The Morgan fingerprint density at radius 1 is 1.14 bits per heavy atom. The first-order valence-electron chi connectivity index (χ1n) is 8.89. The first kappa shape index (κ1) is 19.8. The number of aryl methyl sites for hydroxylation is 2. The zero-order valence-electron chi connectivity index (χ0n) is 15.4. The van der Waals surface area contributed by atoms with Gasteiger partial charge in [-0.15, -0.1) is 10.2 Å². The molecule has 0 amide bonds. The van der Waals surface area contributed by atoms with E-state index in [1.165, 1.54) is 17.9 Å². The highest BCUT2D eigenvalue weighted by Crippen LogP contribution is 2.31. The van der Waals surface area contributed by atoms with Gasteiger partial charge in [-0.3, -0.25) is 4.72 Å². The van der Waals surface area contributed by atoms with E-state index < -0.39 is 32.4 Å². The Bertz CT molecular complexity index is 1190. The van der Waals surface area contributed by atoms with Crippen molar-refractivity contribution in [2.24, 2.45) is 7.05 Å². The molecular formula is C17H17ClF2N6O2S. The SMILES string of the molecule is Cn1cnc(S(=O)(=O)Nc2cc(-c3nnc4n3CCCCC4)c(F)cc2F)c1Cl. The number of benzene rings is 1. The Morgan fingerprint density at radius 2 is 1.93 bits per heavy atom. The molecule has 0 aliphatic carbocycles. The minimum absolute atomic E-state index is 0.0446. The van der Waals surface area contributed by atoms with E-state index in [-0.39, 0.29) is 16.5 Å². The molecule has 8 nitrogen and oxygen atoms in total. The molecule has 29 heavy (non-hydrogen) atoms. The van der Waals surface area contributed by atoms with Crippen molar-refractivity contribution in [2.45, 2.75) is 37.3 Å². The van der Waals surface area contributed by atoms with Crippen LogP contribution in [0.25, 0.3) is 11.4 Å². The minimum Gasteiger partial charge on any atom is -0.324 e. The minimum atomic E-state index is -4.29. The Balaban J connectivity index is 1.76. The van der Waals surface area contributed by atoms with Crippen molar-refractivity contribution < 1.29 is 17.2 Å². The summed E-state index contributed by atoms with van der Waals surface area (Å²) in [5.41, 5.74) is -0.481. The molecule has 0 spiro atoms. The molecular weight excluding hydrogens is 426 g/mol. The van der Waals surface area contributed by atoms with Crippen molar-refractivity contribution in [2.75, 3.05) is 4.72 Å². The van der Waals surface area contributed by atoms with Gasteiger partial charge in [-0.1, -0.05) is 18.0 Å². The second-order valence-electron chi connectivity index (χ2n) is 6.77. The van der Waals surface area contributed by atoms with E-state index in [9.17, 15) is 17.2 Å². The topological polar surface area (TPSA) is 94.7 Å². The predicted octanol–water partition coefficient (Wildman–Crippen LogP) is 3.14. The number of nitrogens with one attached hydrogen (secondary N) is 1. The van der Waals surface area contributed by atoms with E-state index in [2.05, 4.69) is 19.9 Å². The maximum atomic E-state index is 14.6. The molecule has 0 saturated heterocycles. The summed E-state index contributed by atoms with van der Waals surface area (Å²) < 4.78 is 59.3. The highest BCUT2D eigenvalue weighted by molar-refractivity contribution is 7.92. The third kappa shape index (κ3) is 3.60. The Kier molecular flexibility index (Phi) is 5.03. The maximum absolute atomic E-state index is 14.6. The Morgan fingerprint density at radius 3 is 2.66 bits per heavy atom. The molecule has 0 bridgehead atoms.